The Hall–Kier alpha value is -3.47. The van der Waals surface area contributed by atoms with Gasteiger partial charge < -0.3 is 20.5 Å². The smallest absolute Gasteiger partial charge is 0.229 e. The minimum atomic E-state index is -1.01. The second kappa shape index (κ2) is 9.64. The Morgan fingerprint density at radius 3 is 2.90 bits per heavy atom. The number of aliphatic hydroxyl groups excluding tert-OH is 1. The molecule has 0 saturated carbocycles. The van der Waals surface area contributed by atoms with Crippen LogP contribution in [0.25, 0.3) is 0 Å². The summed E-state index contributed by atoms with van der Waals surface area (Å²) in [5, 5.41) is 21.8. The highest BCUT2D eigenvalue weighted by molar-refractivity contribution is 5.46. The highest BCUT2D eigenvalue weighted by Crippen LogP contribution is 2.18. The lowest BCUT2D eigenvalue weighted by molar-refractivity contribution is 0.181. The molecule has 1 aliphatic rings. The van der Waals surface area contributed by atoms with Gasteiger partial charge in [0, 0.05) is 23.9 Å². The van der Waals surface area contributed by atoms with Gasteiger partial charge in [0.15, 0.2) is 23.3 Å². The Balaban J connectivity index is 1.68. The fraction of sp³-hybridized carbons (Fsp3) is 0.222. The van der Waals surface area contributed by atoms with E-state index in [0.29, 0.717) is 5.70 Å². The van der Waals surface area contributed by atoms with Crippen molar-refractivity contribution >= 4 is 11.8 Å². The number of rotatable bonds is 8. The van der Waals surface area contributed by atoms with Crippen molar-refractivity contribution in [1.82, 2.24) is 9.97 Å². The molecule has 8 nitrogen and oxygen atoms in total. The number of anilines is 2. The van der Waals surface area contributed by atoms with E-state index < -0.39 is 23.7 Å². The van der Waals surface area contributed by atoms with Crippen molar-refractivity contribution in [1.29, 1.82) is 0 Å². The number of aromatic nitrogens is 2. The van der Waals surface area contributed by atoms with Crippen LogP contribution < -0.4 is 10.6 Å². The van der Waals surface area contributed by atoms with Crippen molar-refractivity contribution in [3.8, 4) is 0 Å². The molecule has 2 heterocycles. The number of benzene rings is 1. The quantitative estimate of drug-likeness (QED) is 0.582. The second-order valence-corrected chi connectivity index (χ2v) is 5.74. The average Bonchev–Trinajstić information content (AvgIpc) is 2.72. The molecule has 152 valence electrons. The standard InChI is InChI=1S/C18H17F3N6O2/c19-13-3-1-2-11(16(13)21)9-22-17-14(20)10-23-18(26-17)25-12-4-7-29-15(8-12)27-24-5-6-28/h1-4,7-8,10,15,28H,5-6,9H2,(H2,22,23,25,26). The summed E-state index contributed by atoms with van der Waals surface area (Å²) in [6.45, 7) is -0.136. The molecule has 11 heteroatoms. The molecule has 0 fully saturated rings. The molecule has 29 heavy (non-hydrogen) atoms. The maximum Gasteiger partial charge on any atom is 0.229 e. The highest BCUT2D eigenvalue weighted by Gasteiger charge is 2.13. The van der Waals surface area contributed by atoms with Crippen LogP contribution in [0.3, 0.4) is 0 Å². The first-order valence-electron chi connectivity index (χ1n) is 8.54. The van der Waals surface area contributed by atoms with Crippen LogP contribution in [0.15, 0.2) is 58.7 Å². The molecule has 1 aliphatic heterocycles. The molecular weight excluding hydrogens is 389 g/mol. The zero-order valence-corrected chi connectivity index (χ0v) is 15.0. The lowest BCUT2D eigenvalue weighted by atomic mass is 10.2. The zero-order chi connectivity index (χ0) is 20.6. The Morgan fingerprint density at radius 1 is 1.21 bits per heavy atom. The third-order valence-electron chi connectivity index (χ3n) is 3.66. The van der Waals surface area contributed by atoms with Gasteiger partial charge in [-0.3, -0.25) is 0 Å². The molecule has 0 spiro atoms. The monoisotopic (exact) mass is 406 g/mol. The van der Waals surface area contributed by atoms with Gasteiger partial charge in [0.25, 0.3) is 0 Å². The maximum absolute atomic E-state index is 14.0. The van der Waals surface area contributed by atoms with Gasteiger partial charge in [-0.05, 0) is 12.1 Å². The third-order valence-corrected chi connectivity index (χ3v) is 3.66. The summed E-state index contributed by atoms with van der Waals surface area (Å²) in [4.78, 5) is 7.85. The number of hydrogen-bond acceptors (Lipinski definition) is 8. The minimum absolute atomic E-state index is 0.0312. The molecule has 0 radical (unpaired) electrons. The van der Waals surface area contributed by atoms with Crippen LogP contribution in [0.5, 0.6) is 0 Å². The normalized spacial score (nSPS) is 15.9. The first-order chi connectivity index (χ1) is 14.1. The first-order valence-corrected chi connectivity index (χ1v) is 8.54. The van der Waals surface area contributed by atoms with Gasteiger partial charge in [-0.1, -0.05) is 12.1 Å². The lowest BCUT2D eigenvalue weighted by Crippen LogP contribution is -2.13. The number of allylic oxidation sites excluding steroid dienone is 1. The number of aliphatic hydroxyl groups is 1. The highest BCUT2D eigenvalue weighted by atomic mass is 19.2. The van der Waals surface area contributed by atoms with Crippen LogP contribution in [-0.4, -0.2) is 34.5 Å². The Labute approximate surface area is 163 Å². The van der Waals surface area contributed by atoms with Crippen LogP contribution in [-0.2, 0) is 11.3 Å². The summed E-state index contributed by atoms with van der Waals surface area (Å²) in [5.41, 5.74) is 0.557. The second-order valence-electron chi connectivity index (χ2n) is 5.74. The predicted molar refractivity (Wildman–Crippen MR) is 98.2 cm³/mol. The molecule has 3 rings (SSSR count). The molecular formula is C18H17F3N6O2. The van der Waals surface area contributed by atoms with Crippen LogP contribution >= 0.6 is 0 Å². The topological polar surface area (TPSA) is 104 Å². The van der Waals surface area contributed by atoms with E-state index in [1.165, 1.54) is 18.4 Å². The van der Waals surface area contributed by atoms with Crippen LogP contribution in [0.2, 0.25) is 0 Å². The van der Waals surface area contributed by atoms with Crippen molar-refractivity contribution in [2.45, 2.75) is 12.8 Å². The Kier molecular flexibility index (Phi) is 6.74. The SMILES string of the molecule is OCCN=NC1C=C(Nc2ncc(F)c(NCc3cccc(F)c3F)n2)C=CO1. The first kappa shape index (κ1) is 20.3. The molecule has 0 saturated heterocycles. The van der Waals surface area contributed by atoms with E-state index in [1.54, 1.807) is 12.2 Å². The summed E-state index contributed by atoms with van der Waals surface area (Å²) < 4.78 is 46.2. The molecule has 0 amide bonds. The fourth-order valence-electron chi connectivity index (χ4n) is 2.31. The summed E-state index contributed by atoms with van der Waals surface area (Å²) >= 11 is 0. The third kappa shape index (κ3) is 5.51. The van der Waals surface area contributed by atoms with Gasteiger partial charge in [-0.15, -0.1) is 5.11 Å². The number of ether oxygens (including phenoxy) is 1. The molecule has 1 unspecified atom stereocenters. The summed E-state index contributed by atoms with van der Waals surface area (Å²) in [6, 6.07) is 3.74. The molecule has 2 aromatic rings. The van der Waals surface area contributed by atoms with Gasteiger partial charge in [0.2, 0.25) is 12.2 Å². The van der Waals surface area contributed by atoms with Crippen LogP contribution in [0.4, 0.5) is 24.9 Å². The number of nitrogens with one attached hydrogen (secondary N) is 2. The van der Waals surface area contributed by atoms with Crippen molar-refractivity contribution in [2.24, 2.45) is 10.2 Å². The molecule has 0 aliphatic carbocycles. The summed E-state index contributed by atoms with van der Waals surface area (Å²) in [7, 11) is 0. The van der Waals surface area contributed by atoms with Crippen LogP contribution in [0, 0.1) is 17.5 Å². The van der Waals surface area contributed by atoms with Crippen LogP contribution in [0.1, 0.15) is 5.56 Å². The Bertz CT molecular complexity index is 951. The molecule has 3 N–H and O–H groups in total. The molecule has 1 aromatic heterocycles. The van der Waals surface area contributed by atoms with E-state index in [2.05, 4.69) is 30.8 Å². The number of azo groups is 1. The predicted octanol–water partition coefficient (Wildman–Crippen LogP) is 3.12. The van der Waals surface area contributed by atoms with E-state index in [-0.39, 0.29) is 37.0 Å². The van der Waals surface area contributed by atoms with Crippen molar-refractivity contribution < 1.29 is 23.0 Å². The van der Waals surface area contributed by atoms with Crippen molar-refractivity contribution in [3.05, 3.63) is 71.5 Å². The van der Waals surface area contributed by atoms with E-state index in [1.807, 2.05) is 0 Å². The van der Waals surface area contributed by atoms with E-state index in [0.717, 1.165) is 12.3 Å². The fourth-order valence-corrected chi connectivity index (χ4v) is 2.31. The molecule has 1 atom stereocenters. The number of halogens is 3. The largest absolute Gasteiger partial charge is 0.471 e. The average molecular weight is 406 g/mol. The minimum Gasteiger partial charge on any atom is -0.471 e. The maximum atomic E-state index is 14.0. The summed E-state index contributed by atoms with van der Waals surface area (Å²) in [5.74, 6) is -2.86. The van der Waals surface area contributed by atoms with Gasteiger partial charge in [0.1, 0.15) is 0 Å². The zero-order valence-electron chi connectivity index (χ0n) is 15.0. The number of nitrogens with zero attached hydrogens (tertiary/aromatic N) is 4. The summed E-state index contributed by atoms with van der Waals surface area (Å²) in [6.07, 6.45) is 4.81. The van der Waals surface area contributed by atoms with Gasteiger partial charge in [0.05, 0.1) is 25.6 Å². The van der Waals surface area contributed by atoms with Crippen molar-refractivity contribution in [3.63, 3.8) is 0 Å². The van der Waals surface area contributed by atoms with E-state index in [4.69, 9.17) is 9.84 Å². The lowest BCUT2D eigenvalue weighted by Gasteiger charge is -2.15. The van der Waals surface area contributed by atoms with Gasteiger partial charge in [-0.2, -0.15) is 10.1 Å². The Morgan fingerprint density at radius 2 is 2.07 bits per heavy atom. The van der Waals surface area contributed by atoms with Gasteiger partial charge in [-0.25, -0.2) is 18.2 Å². The van der Waals surface area contributed by atoms with E-state index in [9.17, 15) is 13.2 Å². The van der Waals surface area contributed by atoms with Gasteiger partial charge >= 0.3 is 0 Å². The van der Waals surface area contributed by atoms with E-state index >= 15 is 0 Å². The van der Waals surface area contributed by atoms with Crippen molar-refractivity contribution in [2.75, 3.05) is 23.8 Å². The number of hydrogen-bond donors (Lipinski definition) is 3. The molecule has 0 bridgehead atoms. The molecule has 1 aromatic carbocycles.